The van der Waals surface area contributed by atoms with Gasteiger partial charge in [-0.1, -0.05) is 5.16 Å². The van der Waals surface area contributed by atoms with E-state index in [1.165, 1.54) is 0 Å². The van der Waals surface area contributed by atoms with Gasteiger partial charge in [-0.2, -0.15) is 4.98 Å². The minimum atomic E-state index is 0.611. The van der Waals surface area contributed by atoms with Crippen molar-refractivity contribution in [3.63, 3.8) is 0 Å². The summed E-state index contributed by atoms with van der Waals surface area (Å²) >= 11 is 0. The summed E-state index contributed by atoms with van der Waals surface area (Å²) in [6.07, 6.45) is 0.676. The number of aliphatic imine (C=N–C) groups is 1. The molecule has 1 aromatic rings. The van der Waals surface area contributed by atoms with Crippen LogP contribution in [-0.4, -0.2) is 49.5 Å². The molecule has 0 unspecified atom stereocenters. The Bertz CT molecular complexity index is 364. The fourth-order valence-electron chi connectivity index (χ4n) is 1.32. The van der Waals surface area contributed by atoms with Gasteiger partial charge in [-0.05, 0) is 13.8 Å². The molecule has 0 bridgehead atoms. The van der Waals surface area contributed by atoms with Crippen molar-refractivity contribution in [1.29, 1.82) is 0 Å². The first-order valence-electron chi connectivity index (χ1n) is 6.06. The highest BCUT2D eigenvalue weighted by Crippen LogP contribution is 1.95. The molecule has 0 spiro atoms. The van der Waals surface area contributed by atoms with Gasteiger partial charge < -0.3 is 19.9 Å². The van der Waals surface area contributed by atoms with Gasteiger partial charge in [-0.15, -0.1) is 0 Å². The van der Waals surface area contributed by atoms with E-state index in [0.29, 0.717) is 37.8 Å². The van der Waals surface area contributed by atoms with Gasteiger partial charge >= 0.3 is 0 Å². The molecule has 0 radical (unpaired) electrons. The second-order valence-electron chi connectivity index (χ2n) is 3.67. The summed E-state index contributed by atoms with van der Waals surface area (Å²) in [4.78, 5) is 8.47. The highest BCUT2D eigenvalue weighted by atomic mass is 16.5. The number of ether oxygens (including phenoxy) is 1. The van der Waals surface area contributed by atoms with E-state index in [-0.39, 0.29) is 0 Å². The summed E-state index contributed by atoms with van der Waals surface area (Å²) in [5.74, 6) is 2.06. The van der Waals surface area contributed by atoms with E-state index in [9.17, 15) is 0 Å². The molecule has 0 aliphatic carbocycles. The molecule has 1 rings (SSSR count). The Balaban J connectivity index is 2.30. The fourth-order valence-corrected chi connectivity index (χ4v) is 1.32. The van der Waals surface area contributed by atoms with Crippen LogP contribution < -0.4 is 10.6 Å². The molecule has 102 valence electrons. The predicted molar refractivity (Wildman–Crippen MR) is 68.6 cm³/mol. The number of hydrogen-bond donors (Lipinski definition) is 2. The lowest BCUT2D eigenvalue weighted by Crippen LogP contribution is -2.38. The van der Waals surface area contributed by atoms with E-state index < -0.39 is 0 Å². The third-order valence-electron chi connectivity index (χ3n) is 2.11. The molecule has 18 heavy (non-hydrogen) atoms. The summed E-state index contributed by atoms with van der Waals surface area (Å²) in [5, 5.41) is 10.1. The SMILES string of the molecule is CCNC(=NCCOC)NCCc1nc(C)no1. The number of rotatable bonds is 7. The lowest BCUT2D eigenvalue weighted by molar-refractivity contribution is 0.208. The van der Waals surface area contributed by atoms with Gasteiger partial charge in [-0.3, -0.25) is 4.99 Å². The van der Waals surface area contributed by atoms with Gasteiger partial charge in [0.15, 0.2) is 11.8 Å². The topological polar surface area (TPSA) is 84.6 Å². The second kappa shape index (κ2) is 8.46. The monoisotopic (exact) mass is 255 g/mol. The zero-order chi connectivity index (χ0) is 13.2. The van der Waals surface area contributed by atoms with E-state index in [4.69, 9.17) is 9.26 Å². The molecule has 0 aliphatic heterocycles. The largest absolute Gasteiger partial charge is 0.383 e. The van der Waals surface area contributed by atoms with Crippen LogP contribution >= 0.6 is 0 Å². The van der Waals surface area contributed by atoms with Crippen molar-refractivity contribution in [2.24, 2.45) is 4.99 Å². The van der Waals surface area contributed by atoms with Crippen molar-refractivity contribution >= 4 is 5.96 Å². The highest BCUT2D eigenvalue weighted by Gasteiger charge is 2.02. The molecular weight excluding hydrogens is 234 g/mol. The quantitative estimate of drug-likeness (QED) is 0.409. The number of nitrogens with one attached hydrogen (secondary N) is 2. The number of hydrogen-bond acceptors (Lipinski definition) is 5. The standard InChI is InChI=1S/C11H21N5O2/c1-4-12-11(14-7-8-17-3)13-6-5-10-15-9(2)16-18-10/h4-8H2,1-3H3,(H2,12,13,14). The summed E-state index contributed by atoms with van der Waals surface area (Å²) in [6, 6.07) is 0. The molecule has 0 amide bonds. The third kappa shape index (κ3) is 5.62. The molecular formula is C11H21N5O2. The molecule has 0 fully saturated rings. The average molecular weight is 255 g/mol. The normalized spacial score (nSPS) is 11.6. The molecule has 7 nitrogen and oxygen atoms in total. The number of methoxy groups -OCH3 is 1. The van der Waals surface area contributed by atoms with Crippen LogP contribution in [0.3, 0.4) is 0 Å². The predicted octanol–water partition coefficient (Wildman–Crippen LogP) is 0.122. The number of aromatic nitrogens is 2. The Hall–Kier alpha value is -1.63. The van der Waals surface area contributed by atoms with Crippen LogP contribution in [0.4, 0.5) is 0 Å². The Kier molecular flexibility index (Phi) is 6.78. The summed E-state index contributed by atoms with van der Waals surface area (Å²) in [7, 11) is 1.66. The van der Waals surface area contributed by atoms with Crippen LogP contribution in [0.15, 0.2) is 9.52 Å². The fraction of sp³-hybridized carbons (Fsp3) is 0.727. The minimum Gasteiger partial charge on any atom is -0.383 e. The maximum absolute atomic E-state index is 5.02. The first-order valence-corrected chi connectivity index (χ1v) is 6.06. The first kappa shape index (κ1) is 14.4. The molecule has 0 aliphatic rings. The van der Waals surface area contributed by atoms with E-state index in [0.717, 1.165) is 12.5 Å². The van der Waals surface area contributed by atoms with Crippen molar-refractivity contribution in [3.8, 4) is 0 Å². The maximum Gasteiger partial charge on any atom is 0.228 e. The smallest absolute Gasteiger partial charge is 0.228 e. The van der Waals surface area contributed by atoms with Crippen LogP contribution in [0.25, 0.3) is 0 Å². The van der Waals surface area contributed by atoms with E-state index >= 15 is 0 Å². The van der Waals surface area contributed by atoms with Crippen molar-refractivity contribution in [1.82, 2.24) is 20.8 Å². The lowest BCUT2D eigenvalue weighted by atomic mass is 10.4. The molecule has 2 N–H and O–H groups in total. The minimum absolute atomic E-state index is 0.611. The highest BCUT2D eigenvalue weighted by molar-refractivity contribution is 5.79. The Morgan fingerprint density at radius 1 is 1.44 bits per heavy atom. The van der Waals surface area contributed by atoms with Crippen LogP contribution in [0.5, 0.6) is 0 Å². The van der Waals surface area contributed by atoms with Gasteiger partial charge in [0.05, 0.1) is 13.2 Å². The molecule has 1 heterocycles. The van der Waals surface area contributed by atoms with Gasteiger partial charge in [0.1, 0.15) is 0 Å². The second-order valence-corrected chi connectivity index (χ2v) is 3.67. The Morgan fingerprint density at radius 2 is 2.28 bits per heavy atom. The molecule has 0 saturated heterocycles. The van der Waals surface area contributed by atoms with Crippen molar-refractivity contribution in [2.45, 2.75) is 20.3 Å². The number of guanidine groups is 1. The molecule has 0 atom stereocenters. The lowest BCUT2D eigenvalue weighted by Gasteiger charge is -2.09. The first-order chi connectivity index (χ1) is 8.76. The number of nitrogens with zero attached hydrogens (tertiary/aromatic N) is 3. The summed E-state index contributed by atoms with van der Waals surface area (Å²) in [6.45, 7) is 6.58. The van der Waals surface area contributed by atoms with Crippen LogP contribution in [0, 0.1) is 6.92 Å². The van der Waals surface area contributed by atoms with Crippen LogP contribution in [0.1, 0.15) is 18.6 Å². The molecule has 0 saturated carbocycles. The van der Waals surface area contributed by atoms with Gasteiger partial charge in [0, 0.05) is 26.6 Å². The summed E-state index contributed by atoms with van der Waals surface area (Å²) in [5.41, 5.74) is 0. The van der Waals surface area contributed by atoms with Crippen molar-refractivity contribution < 1.29 is 9.26 Å². The van der Waals surface area contributed by atoms with Crippen molar-refractivity contribution in [2.75, 3.05) is 33.4 Å². The van der Waals surface area contributed by atoms with Crippen molar-refractivity contribution in [3.05, 3.63) is 11.7 Å². The summed E-state index contributed by atoms with van der Waals surface area (Å²) < 4.78 is 9.97. The Morgan fingerprint density at radius 3 is 2.89 bits per heavy atom. The number of aryl methyl sites for hydroxylation is 1. The van der Waals surface area contributed by atoms with Crippen LogP contribution in [-0.2, 0) is 11.2 Å². The average Bonchev–Trinajstić information content (AvgIpc) is 2.75. The zero-order valence-corrected chi connectivity index (χ0v) is 11.2. The van der Waals surface area contributed by atoms with Crippen LogP contribution in [0.2, 0.25) is 0 Å². The third-order valence-corrected chi connectivity index (χ3v) is 2.11. The molecule has 0 aromatic carbocycles. The van der Waals surface area contributed by atoms with Gasteiger partial charge in [0.25, 0.3) is 0 Å². The molecule has 1 aromatic heterocycles. The molecule has 7 heteroatoms. The van der Waals surface area contributed by atoms with E-state index in [1.54, 1.807) is 14.0 Å². The maximum atomic E-state index is 5.02. The van der Waals surface area contributed by atoms with Gasteiger partial charge in [-0.25, -0.2) is 0 Å². The van der Waals surface area contributed by atoms with E-state index in [1.807, 2.05) is 6.92 Å². The Labute approximate surface area is 107 Å². The zero-order valence-electron chi connectivity index (χ0n) is 11.2. The van der Waals surface area contributed by atoms with Gasteiger partial charge in [0.2, 0.25) is 5.89 Å². The van der Waals surface area contributed by atoms with E-state index in [2.05, 4.69) is 25.8 Å².